The standard InChI is InChI=1S/C10H12ClFO2/c1-14-6-8-5-9(11)4-7(2-3-13)10(8)12/h4-5,13H,2-3,6H2,1H3. The number of halogens is 2. The van der Waals surface area contributed by atoms with Gasteiger partial charge in [-0.15, -0.1) is 0 Å². The fourth-order valence-corrected chi connectivity index (χ4v) is 1.53. The number of methoxy groups -OCH3 is 1. The molecule has 0 fully saturated rings. The predicted molar refractivity (Wildman–Crippen MR) is 52.9 cm³/mol. The molecule has 1 rings (SSSR count). The molecule has 0 saturated heterocycles. The quantitative estimate of drug-likeness (QED) is 0.839. The highest BCUT2D eigenvalue weighted by molar-refractivity contribution is 6.30. The van der Waals surface area contributed by atoms with E-state index in [1.165, 1.54) is 19.2 Å². The van der Waals surface area contributed by atoms with Crippen molar-refractivity contribution in [3.05, 3.63) is 34.1 Å². The van der Waals surface area contributed by atoms with E-state index in [2.05, 4.69) is 0 Å². The van der Waals surface area contributed by atoms with Gasteiger partial charge in [-0.05, 0) is 24.1 Å². The SMILES string of the molecule is COCc1cc(Cl)cc(CCO)c1F. The maximum Gasteiger partial charge on any atom is 0.132 e. The lowest BCUT2D eigenvalue weighted by atomic mass is 10.1. The Labute approximate surface area is 87.3 Å². The molecule has 1 N–H and O–H groups in total. The van der Waals surface area contributed by atoms with Crippen molar-refractivity contribution < 1.29 is 14.2 Å². The molecule has 0 unspecified atom stereocenters. The molecule has 0 aliphatic rings. The largest absolute Gasteiger partial charge is 0.396 e. The molecule has 0 aromatic heterocycles. The van der Waals surface area contributed by atoms with Crippen LogP contribution in [0.25, 0.3) is 0 Å². The van der Waals surface area contributed by atoms with Crippen LogP contribution in [0.1, 0.15) is 11.1 Å². The molecule has 0 atom stereocenters. The lowest BCUT2D eigenvalue weighted by molar-refractivity contribution is 0.181. The van der Waals surface area contributed by atoms with Gasteiger partial charge in [-0.3, -0.25) is 0 Å². The van der Waals surface area contributed by atoms with Crippen LogP contribution in [0.5, 0.6) is 0 Å². The first-order valence-electron chi connectivity index (χ1n) is 4.25. The van der Waals surface area contributed by atoms with E-state index < -0.39 is 0 Å². The molecule has 78 valence electrons. The Hall–Kier alpha value is -0.640. The fraction of sp³-hybridized carbons (Fsp3) is 0.400. The van der Waals surface area contributed by atoms with E-state index in [1.807, 2.05) is 0 Å². The molecule has 0 saturated carbocycles. The third-order valence-corrected chi connectivity index (χ3v) is 2.09. The summed E-state index contributed by atoms with van der Waals surface area (Å²) in [4.78, 5) is 0. The molecular weight excluding hydrogens is 207 g/mol. The van der Waals surface area contributed by atoms with Crippen molar-refractivity contribution in [2.75, 3.05) is 13.7 Å². The van der Waals surface area contributed by atoms with E-state index in [-0.39, 0.29) is 25.5 Å². The highest BCUT2D eigenvalue weighted by atomic mass is 35.5. The van der Waals surface area contributed by atoms with E-state index in [0.29, 0.717) is 16.1 Å². The van der Waals surface area contributed by atoms with Gasteiger partial charge in [-0.2, -0.15) is 0 Å². The average Bonchev–Trinajstić information content (AvgIpc) is 2.14. The Morgan fingerprint density at radius 2 is 2.07 bits per heavy atom. The second-order valence-electron chi connectivity index (χ2n) is 2.94. The van der Waals surface area contributed by atoms with Crippen molar-refractivity contribution in [1.82, 2.24) is 0 Å². The van der Waals surface area contributed by atoms with Crippen molar-refractivity contribution in [2.45, 2.75) is 13.0 Å². The van der Waals surface area contributed by atoms with Crippen molar-refractivity contribution in [3.8, 4) is 0 Å². The molecule has 0 aliphatic carbocycles. The van der Waals surface area contributed by atoms with Crippen LogP contribution in [0.15, 0.2) is 12.1 Å². The molecule has 0 radical (unpaired) electrons. The summed E-state index contributed by atoms with van der Waals surface area (Å²) in [5.41, 5.74) is 0.843. The fourth-order valence-electron chi connectivity index (χ4n) is 1.27. The van der Waals surface area contributed by atoms with Crippen molar-refractivity contribution in [3.63, 3.8) is 0 Å². The van der Waals surface area contributed by atoms with Crippen LogP contribution in [0, 0.1) is 5.82 Å². The van der Waals surface area contributed by atoms with E-state index >= 15 is 0 Å². The van der Waals surface area contributed by atoms with Gasteiger partial charge in [0.05, 0.1) is 6.61 Å². The van der Waals surface area contributed by atoms with Gasteiger partial charge in [-0.25, -0.2) is 4.39 Å². The Morgan fingerprint density at radius 3 is 2.64 bits per heavy atom. The number of benzene rings is 1. The zero-order chi connectivity index (χ0) is 10.6. The molecule has 0 bridgehead atoms. The van der Waals surface area contributed by atoms with Crippen LogP contribution in [-0.4, -0.2) is 18.8 Å². The number of aliphatic hydroxyl groups excluding tert-OH is 1. The van der Waals surface area contributed by atoms with Gasteiger partial charge in [0.2, 0.25) is 0 Å². The van der Waals surface area contributed by atoms with Crippen LogP contribution in [0.2, 0.25) is 5.02 Å². The van der Waals surface area contributed by atoms with E-state index in [1.54, 1.807) is 0 Å². The van der Waals surface area contributed by atoms with Crippen LogP contribution in [-0.2, 0) is 17.8 Å². The average molecular weight is 219 g/mol. The summed E-state index contributed by atoms with van der Waals surface area (Å²) < 4.78 is 18.4. The van der Waals surface area contributed by atoms with Crippen LogP contribution >= 0.6 is 11.6 Å². The Kier molecular flexibility index (Phi) is 4.32. The molecule has 1 aromatic rings. The molecule has 0 aliphatic heterocycles. The molecule has 0 amide bonds. The highest BCUT2D eigenvalue weighted by Crippen LogP contribution is 2.20. The number of hydrogen-bond donors (Lipinski definition) is 1. The first-order chi connectivity index (χ1) is 6.69. The summed E-state index contributed by atoms with van der Waals surface area (Å²) in [5, 5.41) is 9.17. The number of hydrogen-bond acceptors (Lipinski definition) is 2. The monoisotopic (exact) mass is 218 g/mol. The van der Waals surface area contributed by atoms with Crippen LogP contribution < -0.4 is 0 Å². The van der Waals surface area contributed by atoms with Crippen molar-refractivity contribution in [1.29, 1.82) is 0 Å². The lowest BCUT2D eigenvalue weighted by Gasteiger charge is -2.07. The Bertz CT molecular complexity index is 288. The second kappa shape index (κ2) is 5.29. The van der Waals surface area contributed by atoms with Gasteiger partial charge >= 0.3 is 0 Å². The highest BCUT2D eigenvalue weighted by Gasteiger charge is 2.09. The van der Waals surface area contributed by atoms with Gasteiger partial charge in [0, 0.05) is 24.3 Å². The number of ether oxygens (including phenoxy) is 1. The molecule has 0 spiro atoms. The molecule has 0 heterocycles. The topological polar surface area (TPSA) is 29.5 Å². The minimum Gasteiger partial charge on any atom is -0.396 e. The molecule has 1 aromatic carbocycles. The zero-order valence-electron chi connectivity index (χ0n) is 7.89. The third kappa shape index (κ3) is 2.67. The summed E-state index contributed by atoms with van der Waals surface area (Å²) >= 11 is 5.79. The number of rotatable bonds is 4. The van der Waals surface area contributed by atoms with Crippen LogP contribution in [0.3, 0.4) is 0 Å². The van der Waals surface area contributed by atoms with E-state index in [9.17, 15) is 4.39 Å². The Morgan fingerprint density at radius 1 is 1.43 bits per heavy atom. The normalized spacial score (nSPS) is 10.6. The van der Waals surface area contributed by atoms with Crippen molar-refractivity contribution >= 4 is 11.6 Å². The minimum atomic E-state index is -0.342. The van der Waals surface area contributed by atoms with E-state index in [0.717, 1.165) is 0 Å². The maximum absolute atomic E-state index is 13.6. The first-order valence-corrected chi connectivity index (χ1v) is 4.63. The predicted octanol–water partition coefficient (Wildman–Crippen LogP) is 2.16. The lowest BCUT2D eigenvalue weighted by Crippen LogP contribution is -2.00. The van der Waals surface area contributed by atoms with E-state index in [4.69, 9.17) is 21.4 Å². The molecule has 14 heavy (non-hydrogen) atoms. The van der Waals surface area contributed by atoms with Crippen molar-refractivity contribution in [2.24, 2.45) is 0 Å². The molecular formula is C10H12ClFO2. The third-order valence-electron chi connectivity index (χ3n) is 1.87. The maximum atomic E-state index is 13.6. The van der Waals surface area contributed by atoms with Gasteiger partial charge < -0.3 is 9.84 Å². The van der Waals surface area contributed by atoms with Gasteiger partial charge in [0.15, 0.2) is 0 Å². The molecule has 4 heteroatoms. The van der Waals surface area contributed by atoms with Crippen LogP contribution in [0.4, 0.5) is 4.39 Å². The summed E-state index contributed by atoms with van der Waals surface area (Å²) in [6.45, 7) is 0.0918. The first kappa shape index (κ1) is 11.4. The molecule has 2 nitrogen and oxygen atoms in total. The van der Waals surface area contributed by atoms with Gasteiger partial charge in [-0.1, -0.05) is 11.6 Å². The smallest absolute Gasteiger partial charge is 0.132 e. The summed E-state index contributed by atoms with van der Waals surface area (Å²) in [5.74, 6) is -0.342. The Balaban J connectivity index is 3.04. The second-order valence-corrected chi connectivity index (χ2v) is 3.38. The van der Waals surface area contributed by atoms with Gasteiger partial charge in [0.1, 0.15) is 5.82 Å². The summed E-state index contributed by atoms with van der Waals surface area (Å²) in [6.07, 6.45) is 0.267. The number of aliphatic hydroxyl groups is 1. The zero-order valence-corrected chi connectivity index (χ0v) is 8.64. The summed E-state index contributed by atoms with van der Waals surface area (Å²) in [6, 6.07) is 3.05. The van der Waals surface area contributed by atoms with Gasteiger partial charge in [0.25, 0.3) is 0 Å². The minimum absolute atomic E-state index is 0.0936. The summed E-state index contributed by atoms with van der Waals surface area (Å²) in [7, 11) is 1.49.